The van der Waals surface area contributed by atoms with Crippen LogP contribution in [0.15, 0.2) is 36.4 Å². The highest BCUT2D eigenvalue weighted by Crippen LogP contribution is 2.32. The summed E-state index contributed by atoms with van der Waals surface area (Å²) in [6.45, 7) is 0. The smallest absolute Gasteiger partial charge is 0.257 e. The normalized spacial score (nSPS) is 13.8. The van der Waals surface area contributed by atoms with E-state index >= 15 is 0 Å². The lowest BCUT2D eigenvalue weighted by Gasteiger charge is -2.14. The molecule has 1 saturated carbocycles. The van der Waals surface area contributed by atoms with Crippen LogP contribution >= 0.6 is 11.6 Å². The van der Waals surface area contributed by atoms with Gasteiger partial charge in [0.1, 0.15) is 17.3 Å². The van der Waals surface area contributed by atoms with Crippen molar-refractivity contribution < 1.29 is 13.6 Å². The van der Waals surface area contributed by atoms with Crippen LogP contribution in [-0.4, -0.2) is 11.9 Å². The van der Waals surface area contributed by atoms with Gasteiger partial charge in [-0.25, -0.2) is 8.78 Å². The second kappa shape index (κ2) is 5.93. The Balaban J connectivity index is 1.88. The van der Waals surface area contributed by atoms with Gasteiger partial charge in [-0.1, -0.05) is 23.7 Å². The zero-order valence-corrected chi connectivity index (χ0v) is 12.3. The van der Waals surface area contributed by atoms with E-state index in [0.29, 0.717) is 11.7 Å². The molecule has 22 heavy (non-hydrogen) atoms. The molecule has 1 amide bonds. The van der Waals surface area contributed by atoms with Crippen molar-refractivity contribution in [2.24, 2.45) is 0 Å². The van der Waals surface area contributed by atoms with Crippen LogP contribution in [0.4, 0.5) is 20.2 Å². The summed E-state index contributed by atoms with van der Waals surface area (Å²) in [7, 11) is 0. The quantitative estimate of drug-likeness (QED) is 0.873. The van der Waals surface area contributed by atoms with E-state index in [-0.39, 0.29) is 16.3 Å². The molecule has 0 aromatic heterocycles. The number of hydrogen-bond donors (Lipinski definition) is 2. The van der Waals surface area contributed by atoms with Gasteiger partial charge in [0.05, 0.1) is 16.3 Å². The maximum atomic E-state index is 14.0. The molecule has 2 aromatic rings. The Hall–Kier alpha value is -2.14. The number of benzene rings is 2. The summed E-state index contributed by atoms with van der Waals surface area (Å²) in [5.41, 5.74) is 0.505. The Labute approximate surface area is 131 Å². The van der Waals surface area contributed by atoms with Gasteiger partial charge in [-0.3, -0.25) is 4.79 Å². The van der Waals surface area contributed by atoms with E-state index in [9.17, 15) is 13.6 Å². The van der Waals surface area contributed by atoms with Crippen LogP contribution in [-0.2, 0) is 0 Å². The van der Waals surface area contributed by atoms with Crippen molar-refractivity contribution in [3.8, 4) is 0 Å². The molecule has 0 saturated heterocycles. The topological polar surface area (TPSA) is 41.1 Å². The van der Waals surface area contributed by atoms with E-state index < -0.39 is 17.5 Å². The molecule has 1 fully saturated rings. The van der Waals surface area contributed by atoms with Crippen LogP contribution in [0.5, 0.6) is 0 Å². The highest BCUT2D eigenvalue weighted by atomic mass is 35.5. The predicted octanol–water partition coefficient (Wildman–Crippen LogP) is 4.44. The second-order valence-electron chi connectivity index (χ2n) is 5.14. The molecule has 0 unspecified atom stereocenters. The van der Waals surface area contributed by atoms with Crippen LogP contribution in [0.25, 0.3) is 0 Å². The van der Waals surface area contributed by atoms with Gasteiger partial charge in [0, 0.05) is 6.04 Å². The molecule has 3 nitrogen and oxygen atoms in total. The summed E-state index contributed by atoms with van der Waals surface area (Å²) in [5.74, 6) is -1.92. The second-order valence-corrected chi connectivity index (χ2v) is 5.51. The third-order valence-electron chi connectivity index (χ3n) is 3.39. The third-order valence-corrected chi connectivity index (χ3v) is 3.77. The summed E-state index contributed by atoms with van der Waals surface area (Å²) in [6.07, 6.45) is 2.03. The fraction of sp³-hybridized carbons (Fsp3) is 0.188. The first-order chi connectivity index (χ1) is 10.6. The van der Waals surface area contributed by atoms with Crippen LogP contribution in [0, 0.1) is 11.6 Å². The predicted molar refractivity (Wildman–Crippen MR) is 82.4 cm³/mol. The number of amides is 1. The van der Waals surface area contributed by atoms with Gasteiger partial charge in [-0.05, 0) is 37.1 Å². The molecule has 0 radical (unpaired) electrons. The van der Waals surface area contributed by atoms with Gasteiger partial charge in [-0.2, -0.15) is 0 Å². The lowest BCUT2D eigenvalue weighted by Crippen LogP contribution is -2.16. The molecule has 0 heterocycles. The Morgan fingerprint density at radius 2 is 1.77 bits per heavy atom. The van der Waals surface area contributed by atoms with Crippen molar-refractivity contribution in [2.45, 2.75) is 18.9 Å². The van der Waals surface area contributed by atoms with E-state index in [2.05, 4.69) is 10.6 Å². The zero-order valence-electron chi connectivity index (χ0n) is 11.5. The number of para-hydroxylation sites is 1. The molecular formula is C16H13ClF2N2O. The summed E-state index contributed by atoms with van der Waals surface area (Å²) >= 11 is 5.78. The standard InChI is InChI=1S/C16H13ClF2N2O/c17-14-10(3-1-4-11(14)18)16(22)21-15-12(19)5-2-6-13(15)20-9-7-8-9/h1-6,9,20H,7-8H2,(H,21,22). The molecule has 1 aliphatic rings. The van der Waals surface area contributed by atoms with Crippen molar-refractivity contribution in [1.29, 1.82) is 0 Å². The SMILES string of the molecule is O=C(Nc1c(F)cccc1NC1CC1)c1cccc(F)c1Cl. The highest BCUT2D eigenvalue weighted by molar-refractivity contribution is 6.34. The number of rotatable bonds is 4. The third kappa shape index (κ3) is 3.04. The van der Waals surface area contributed by atoms with Gasteiger partial charge >= 0.3 is 0 Å². The Kier molecular flexibility index (Phi) is 3.98. The van der Waals surface area contributed by atoms with E-state index in [0.717, 1.165) is 18.9 Å². The van der Waals surface area contributed by atoms with E-state index in [1.54, 1.807) is 12.1 Å². The number of carbonyl (C=O) groups is 1. The van der Waals surface area contributed by atoms with Gasteiger partial charge in [0.25, 0.3) is 5.91 Å². The minimum atomic E-state index is -0.695. The van der Waals surface area contributed by atoms with Gasteiger partial charge in [0.2, 0.25) is 0 Å². The molecule has 2 aromatic carbocycles. The maximum absolute atomic E-state index is 14.0. The van der Waals surface area contributed by atoms with Crippen molar-refractivity contribution in [1.82, 2.24) is 0 Å². The number of hydrogen-bond acceptors (Lipinski definition) is 2. The first kappa shape index (κ1) is 14.8. The monoisotopic (exact) mass is 322 g/mol. The minimum absolute atomic E-state index is 0.0395. The van der Waals surface area contributed by atoms with Gasteiger partial charge < -0.3 is 10.6 Å². The van der Waals surface area contributed by atoms with Crippen molar-refractivity contribution in [2.75, 3.05) is 10.6 Å². The van der Waals surface area contributed by atoms with Crippen molar-refractivity contribution in [3.63, 3.8) is 0 Å². The maximum Gasteiger partial charge on any atom is 0.257 e. The first-order valence-corrected chi connectivity index (χ1v) is 7.24. The molecule has 0 aliphatic heterocycles. The van der Waals surface area contributed by atoms with E-state index in [4.69, 9.17) is 11.6 Å². The zero-order chi connectivity index (χ0) is 15.7. The Morgan fingerprint density at radius 3 is 2.50 bits per heavy atom. The van der Waals surface area contributed by atoms with E-state index in [1.165, 1.54) is 18.2 Å². The average molecular weight is 323 g/mol. The van der Waals surface area contributed by atoms with Crippen LogP contribution in [0.3, 0.4) is 0 Å². The number of anilines is 2. The summed E-state index contributed by atoms with van der Waals surface area (Å²) in [5, 5.41) is 5.33. The molecule has 0 atom stereocenters. The van der Waals surface area contributed by atoms with Crippen LogP contribution < -0.4 is 10.6 Å². The average Bonchev–Trinajstić information content (AvgIpc) is 3.29. The number of halogens is 3. The molecule has 1 aliphatic carbocycles. The number of carbonyl (C=O) groups excluding carboxylic acids is 1. The number of nitrogens with one attached hydrogen (secondary N) is 2. The summed E-state index contributed by atoms with van der Waals surface area (Å²) in [4.78, 5) is 12.2. The highest BCUT2D eigenvalue weighted by Gasteiger charge is 2.24. The molecule has 0 bridgehead atoms. The molecule has 2 N–H and O–H groups in total. The van der Waals surface area contributed by atoms with Gasteiger partial charge in [0.15, 0.2) is 0 Å². The lowest BCUT2D eigenvalue weighted by molar-refractivity contribution is 0.102. The molecular weight excluding hydrogens is 310 g/mol. The minimum Gasteiger partial charge on any atom is -0.381 e. The molecule has 3 rings (SSSR count). The lowest BCUT2D eigenvalue weighted by atomic mass is 10.2. The molecule has 6 heteroatoms. The fourth-order valence-electron chi connectivity index (χ4n) is 2.08. The summed E-state index contributed by atoms with van der Waals surface area (Å²) in [6, 6.07) is 8.71. The Morgan fingerprint density at radius 1 is 1.09 bits per heavy atom. The largest absolute Gasteiger partial charge is 0.381 e. The first-order valence-electron chi connectivity index (χ1n) is 6.86. The van der Waals surface area contributed by atoms with Crippen LogP contribution in [0.2, 0.25) is 5.02 Å². The van der Waals surface area contributed by atoms with Crippen molar-refractivity contribution in [3.05, 3.63) is 58.6 Å². The molecule has 114 valence electrons. The van der Waals surface area contributed by atoms with Gasteiger partial charge in [-0.15, -0.1) is 0 Å². The van der Waals surface area contributed by atoms with E-state index in [1.807, 2.05) is 0 Å². The molecule has 0 spiro atoms. The summed E-state index contributed by atoms with van der Waals surface area (Å²) < 4.78 is 27.4. The Bertz CT molecular complexity index is 732. The van der Waals surface area contributed by atoms with Crippen molar-refractivity contribution >= 4 is 28.9 Å². The van der Waals surface area contributed by atoms with Crippen LogP contribution in [0.1, 0.15) is 23.2 Å². The fourth-order valence-corrected chi connectivity index (χ4v) is 2.29.